The van der Waals surface area contributed by atoms with Gasteiger partial charge in [0.25, 0.3) is 11.5 Å². The maximum absolute atomic E-state index is 13.7. The van der Waals surface area contributed by atoms with Crippen molar-refractivity contribution in [3.63, 3.8) is 0 Å². The van der Waals surface area contributed by atoms with Crippen LogP contribution in [-0.2, 0) is 17.6 Å². The smallest absolute Gasteiger partial charge is 0.267 e. The lowest BCUT2D eigenvalue weighted by Crippen LogP contribution is -2.24. The fourth-order valence-electron chi connectivity index (χ4n) is 4.06. The summed E-state index contributed by atoms with van der Waals surface area (Å²) in [6, 6.07) is 11.4. The van der Waals surface area contributed by atoms with Crippen LogP contribution in [0.4, 0.5) is 0 Å². The zero-order valence-electron chi connectivity index (χ0n) is 19.0. The number of benzene rings is 1. The summed E-state index contributed by atoms with van der Waals surface area (Å²) in [6.07, 6.45) is 5.61. The molecule has 9 heteroatoms. The topological polar surface area (TPSA) is 89.5 Å². The van der Waals surface area contributed by atoms with Crippen LogP contribution >= 0.6 is 23.1 Å². The Morgan fingerprint density at radius 3 is 2.76 bits per heavy atom. The Hall–Kier alpha value is -3.17. The molecule has 4 aromatic rings. The van der Waals surface area contributed by atoms with Crippen LogP contribution in [0.25, 0.3) is 15.9 Å². The van der Waals surface area contributed by atoms with Crippen LogP contribution in [-0.4, -0.2) is 27.4 Å². The van der Waals surface area contributed by atoms with Crippen LogP contribution in [0.2, 0.25) is 0 Å². The van der Waals surface area contributed by atoms with Gasteiger partial charge in [0, 0.05) is 4.88 Å². The normalized spacial score (nSPS) is 13.5. The number of rotatable bonds is 6. The van der Waals surface area contributed by atoms with Crippen LogP contribution < -0.4 is 11.0 Å². The predicted molar refractivity (Wildman–Crippen MR) is 137 cm³/mol. The Bertz CT molecular complexity index is 1450. The summed E-state index contributed by atoms with van der Waals surface area (Å²) >= 11 is 2.84. The van der Waals surface area contributed by atoms with E-state index in [1.54, 1.807) is 22.0 Å². The third-order valence-corrected chi connectivity index (χ3v) is 7.85. The summed E-state index contributed by atoms with van der Waals surface area (Å²) < 4.78 is 7.04. The SMILES string of the molecule is Cc1ccc(-n2c(SCC(=O)N/N=C\c3ccc(C)o3)nc3sc4c(c3c2=O)CCCC4)cc1. The molecule has 0 atom stereocenters. The number of aryl methyl sites for hydroxylation is 4. The largest absolute Gasteiger partial charge is 0.460 e. The van der Waals surface area contributed by atoms with Crippen molar-refractivity contribution in [3.05, 3.63) is 74.3 Å². The van der Waals surface area contributed by atoms with Crippen molar-refractivity contribution in [2.45, 2.75) is 44.7 Å². The third-order valence-electron chi connectivity index (χ3n) is 5.72. The first kappa shape index (κ1) is 22.6. The number of thioether (sulfide) groups is 1. The summed E-state index contributed by atoms with van der Waals surface area (Å²) in [5, 5.41) is 5.18. The second-order valence-electron chi connectivity index (χ2n) is 8.29. The van der Waals surface area contributed by atoms with Crippen LogP contribution in [0.3, 0.4) is 0 Å². The Kier molecular flexibility index (Phi) is 6.38. The molecule has 1 aromatic carbocycles. The van der Waals surface area contributed by atoms with Gasteiger partial charge in [-0.3, -0.25) is 14.2 Å². The Morgan fingerprint density at radius 2 is 2.00 bits per heavy atom. The molecular weight excluding hydrogens is 468 g/mol. The number of fused-ring (bicyclic) bond motifs is 3. The van der Waals surface area contributed by atoms with Crippen molar-refractivity contribution in [2.75, 3.05) is 5.75 Å². The molecule has 34 heavy (non-hydrogen) atoms. The number of hydrazone groups is 1. The number of hydrogen-bond donors (Lipinski definition) is 1. The van der Waals surface area contributed by atoms with Crippen LogP contribution in [0.15, 0.2) is 55.9 Å². The zero-order chi connectivity index (χ0) is 23.7. The van der Waals surface area contributed by atoms with Crippen molar-refractivity contribution >= 4 is 45.4 Å². The molecule has 3 aromatic heterocycles. The molecule has 0 radical (unpaired) electrons. The average molecular weight is 493 g/mol. The molecule has 1 aliphatic carbocycles. The van der Waals surface area contributed by atoms with Gasteiger partial charge >= 0.3 is 0 Å². The predicted octanol–water partition coefficient (Wildman–Crippen LogP) is 4.78. The van der Waals surface area contributed by atoms with Crippen LogP contribution in [0, 0.1) is 13.8 Å². The van der Waals surface area contributed by atoms with E-state index in [0.29, 0.717) is 10.9 Å². The highest BCUT2D eigenvalue weighted by atomic mass is 32.2. The number of amides is 1. The van der Waals surface area contributed by atoms with E-state index in [9.17, 15) is 9.59 Å². The number of furan rings is 1. The van der Waals surface area contributed by atoms with Crippen molar-refractivity contribution < 1.29 is 9.21 Å². The van der Waals surface area contributed by atoms with E-state index in [0.717, 1.165) is 58.5 Å². The monoisotopic (exact) mass is 492 g/mol. The van der Waals surface area contributed by atoms with Gasteiger partial charge in [-0.15, -0.1) is 11.3 Å². The molecule has 0 aliphatic heterocycles. The molecule has 0 bridgehead atoms. The van der Waals surface area contributed by atoms with E-state index < -0.39 is 0 Å². The highest BCUT2D eigenvalue weighted by Crippen LogP contribution is 2.35. The quantitative estimate of drug-likeness (QED) is 0.181. The van der Waals surface area contributed by atoms with Crippen molar-refractivity contribution in [3.8, 4) is 5.69 Å². The molecule has 0 unspecified atom stereocenters. The molecule has 0 spiro atoms. The summed E-state index contributed by atoms with van der Waals surface area (Å²) in [6.45, 7) is 3.85. The number of nitrogens with zero attached hydrogens (tertiary/aromatic N) is 3. The third kappa shape index (κ3) is 4.58. The average Bonchev–Trinajstić information content (AvgIpc) is 3.41. The number of hydrogen-bond acceptors (Lipinski definition) is 7. The van der Waals surface area contributed by atoms with Gasteiger partial charge in [0.2, 0.25) is 0 Å². The van der Waals surface area contributed by atoms with Crippen molar-refractivity contribution in [2.24, 2.45) is 5.10 Å². The first-order valence-corrected chi connectivity index (χ1v) is 13.0. The fraction of sp³-hybridized carbons (Fsp3) is 0.280. The lowest BCUT2D eigenvalue weighted by Gasteiger charge is -2.13. The highest BCUT2D eigenvalue weighted by Gasteiger charge is 2.23. The van der Waals surface area contributed by atoms with Gasteiger partial charge < -0.3 is 4.42 Å². The van der Waals surface area contributed by atoms with Crippen molar-refractivity contribution in [1.29, 1.82) is 0 Å². The second kappa shape index (κ2) is 9.60. The highest BCUT2D eigenvalue weighted by molar-refractivity contribution is 7.99. The Morgan fingerprint density at radius 1 is 1.21 bits per heavy atom. The van der Waals surface area contributed by atoms with E-state index in [1.807, 2.05) is 44.2 Å². The number of nitrogens with one attached hydrogen (secondary N) is 1. The molecular formula is C25H24N4O3S2. The number of aromatic nitrogens is 2. The molecule has 1 N–H and O–H groups in total. The van der Waals surface area contributed by atoms with E-state index in [1.165, 1.54) is 22.9 Å². The minimum atomic E-state index is -0.292. The summed E-state index contributed by atoms with van der Waals surface area (Å²) in [4.78, 5) is 33.0. The Labute approximate surface area is 204 Å². The minimum Gasteiger partial charge on any atom is -0.460 e. The molecule has 5 rings (SSSR count). The second-order valence-corrected chi connectivity index (χ2v) is 10.3. The Balaban J connectivity index is 1.45. The van der Waals surface area contributed by atoms with E-state index >= 15 is 0 Å². The van der Waals surface area contributed by atoms with Gasteiger partial charge in [-0.05, 0) is 69.4 Å². The molecule has 1 amide bonds. The molecule has 3 heterocycles. The van der Waals surface area contributed by atoms with E-state index in [2.05, 4.69) is 10.5 Å². The maximum Gasteiger partial charge on any atom is 0.267 e. The molecule has 0 fully saturated rings. The van der Waals surface area contributed by atoms with Gasteiger partial charge in [0.05, 0.1) is 23.0 Å². The standard InChI is InChI=1S/C25H24N4O3S2/c1-15-7-10-17(11-8-15)29-24(31)22-19-5-3-4-6-20(19)34-23(22)27-25(29)33-14-21(30)28-26-13-18-12-9-16(2)32-18/h7-13H,3-6,14H2,1-2H3,(H,28,30)/b26-13-. The molecule has 0 saturated carbocycles. The first-order chi connectivity index (χ1) is 16.5. The van der Waals surface area contributed by atoms with Crippen molar-refractivity contribution in [1.82, 2.24) is 15.0 Å². The summed E-state index contributed by atoms with van der Waals surface area (Å²) in [7, 11) is 0. The summed E-state index contributed by atoms with van der Waals surface area (Å²) in [5.41, 5.74) is 5.45. The summed E-state index contributed by atoms with van der Waals surface area (Å²) in [5.74, 6) is 1.12. The van der Waals surface area contributed by atoms with Gasteiger partial charge in [-0.1, -0.05) is 29.5 Å². The van der Waals surface area contributed by atoms with Gasteiger partial charge in [0.1, 0.15) is 16.4 Å². The fourth-order valence-corrected chi connectivity index (χ4v) is 6.17. The van der Waals surface area contributed by atoms with E-state index in [4.69, 9.17) is 9.40 Å². The molecule has 174 valence electrons. The lowest BCUT2D eigenvalue weighted by atomic mass is 9.97. The van der Waals surface area contributed by atoms with Crippen LogP contribution in [0.1, 0.15) is 40.4 Å². The first-order valence-electron chi connectivity index (χ1n) is 11.1. The van der Waals surface area contributed by atoms with Gasteiger partial charge in [0.15, 0.2) is 5.16 Å². The number of thiophene rings is 1. The van der Waals surface area contributed by atoms with E-state index in [-0.39, 0.29) is 17.2 Å². The lowest BCUT2D eigenvalue weighted by molar-refractivity contribution is -0.118. The van der Waals surface area contributed by atoms with Gasteiger partial charge in [-0.2, -0.15) is 5.10 Å². The number of carbonyl (C=O) groups is 1. The zero-order valence-corrected chi connectivity index (χ0v) is 20.6. The van der Waals surface area contributed by atoms with Gasteiger partial charge in [-0.25, -0.2) is 10.4 Å². The minimum absolute atomic E-state index is 0.0672. The van der Waals surface area contributed by atoms with Crippen LogP contribution in [0.5, 0.6) is 0 Å². The molecule has 0 saturated heterocycles. The number of carbonyl (C=O) groups excluding carboxylic acids is 1. The molecule has 7 nitrogen and oxygen atoms in total. The maximum atomic E-state index is 13.7. The molecule has 1 aliphatic rings.